The van der Waals surface area contributed by atoms with Crippen LogP contribution in [0.5, 0.6) is 11.5 Å². The molecule has 184 valence electrons. The van der Waals surface area contributed by atoms with Crippen LogP contribution in [0.15, 0.2) is 35.4 Å². The maximum absolute atomic E-state index is 13.2. The van der Waals surface area contributed by atoms with E-state index in [1.807, 2.05) is 36.1 Å². The second kappa shape index (κ2) is 9.69. The number of nitrogens with one attached hydrogen (secondary N) is 1. The Labute approximate surface area is 206 Å². The summed E-state index contributed by atoms with van der Waals surface area (Å²) < 4.78 is 12.9. The van der Waals surface area contributed by atoms with Gasteiger partial charge in [0.25, 0.3) is 11.5 Å². The maximum atomic E-state index is 13.2. The summed E-state index contributed by atoms with van der Waals surface area (Å²) in [6.07, 6.45) is 4.16. The van der Waals surface area contributed by atoms with Crippen LogP contribution in [0.1, 0.15) is 41.4 Å². The van der Waals surface area contributed by atoms with Crippen molar-refractivity contribution in [1.82, 2.24) is 19.8 Å². The van der Waals surface area contributed by atoms with Gasteiger partial charge in [0.1, 0.15) is 24.1 Å². The Morgan fingerprint density at radius 3 is 2.83 bits per heavy atom. The smallest absolute Gasteiger partial charge is 0.262 e. The molecule has 10 heteroatoms. The highest BCUT2D eigenvalue weighted by Gasteiger charge is 2.26. The fourth-order valence-electron chi connectivity index (χ4n) is 4.64. The number of benzene rings is 1. The molecule has 1 saturated heterocycles. The lowest BCUT2D eigenvalue weighted by Crippen LogP contribution is -2.44. The first kappa shape index (κ1) is 23.3. The molecule has 0 saturated carbocycles. The molecule has 0 aliphatic carbocycles. The number of ether oxygens (including phenoxy) is 2. The second-order valence-corrected chi connectivity index (χ2v) is 10.1. The molecule has 3 aromatic rings. The largest absolute Gasteiger partial charge is 0.486 e. The third kappa shape index (κ3) is 4.62. The number of amides is 2. The number of carbonyl (C=O) groups is 2. The highest BCUT2D eigenvalue weighted by Crippen LogP contribution is 2.31. The summed E-state index contributed by atoms with van der Waals surface area (Å²) in [6.45, 7) is 5.04. The quantitative estimate of drug-likeness (QED) is 0.583. The summed E-state index contributed by atoms with van der Waals surface area (Å²) >= 11 is 1.17. The number of para-hydroxylation sites is 2. The number of fused-ring (bicyclic) bond motifs is 2. The SMILES string of the molecule is Cc1c(C(=O)NC[C@@H]2COc3ccccc3O2)sc2ncn(CC(=O)N3CCCC[C@H]3C)c(=O)c12. The number of likely N-dealkylation sites (tertiary alicyclic amines) is 1. The Bertz CT molecular complexity index is 1330. The number of piperidine rings is 1. The van der Waals surface area contributed by atoms with Crippen LogP contribution in [0.3, 0.4) is 0 Å². The van der Waals surface area contributed by atoms with Gasteiger partial charge in [-0.25, -0.2) is 4.98 Å². The van der Waals surface area contributed by atoms with E-state index < -0.39 is 0 Å². The monoisotopic (exact) mass is 496 g/mol. The van der Waals surface area contributed by atoms with E-state index in [-0.39, 0.29) is 42.6 Å². The summed E-state index contributed by atoms with van der Waals surface area (Å²) in [5.74, 6) is 0.958. The standard InChI is InChI=1S/C25H28N4O5S/c1-15-7-5-6-10-29(15)20(30)12-28-14-27-24-21(25(28)32)16(2)22(35-24)23(31)26-11-17-13-33-18-8-3-4-9-19(18)34-17/h3-4,8-9,14-15,17H,5-7,10-13H2,1-2H3,(H,26,31)/t15-,17-/m1/s1. The van der Waals surface area contributed by atoms with Gasteiger partial charge in [0.15, 0.2) is 11.5 Å². The van der Waals surface area contributed by atoms with Gasteiger partial charge in [0.2, 0.25) is 5.91 Å². The van der Waals surface area contributed by atoms with Gasteiger partial charge in [-0.2, -0.15) is 0 Å². The Hall–Kier alpha value is -3.40. The van der Waals surface area contributed by atoms with E-state index in [1.54, 1.807) is 6.92 Å². The van der Waals surface area contributed by atoms with Gasteiger partial charge in [-0.3, -0.25) is 19.0 Å². The van der Waals surface area contributed by atoms with Gasteiger partial charge in [-0.05, 0) is 50.8 Å². The fraction of sp³-hybridized carbons (Fsp3) is 0.440. The molecule has 1 fully saturated rings. The van der Waals surface area contributed by atoms with E-state index in [9.17, 15) is 14.4 Å². The number of nitrogens with zero attached hydrogens (tertiary/aromatic N) is 3. The Balaban J connectivity index is 1.29. The molecule has 0 bridgehead atoms. The van der Waals surface area contributed by atoms with Gasteiger partial charge >= 0.3 is 0 Å². The summed E-state index contributed by atoms with van der Waals surface area (Å²) in [7, 11) is 0. The van der Waals surface area contributed by atoms with Crippen molar-refractivity contribution >= 4 is 33.4 Å². The van der Waals surface area contributed by atoms with Gasteiger partial charge in [-0.1, -0.05) is 12.1 Å². The number of rotatable bonds is 5. The molecule has 2 aliphatic heterocycles. The van der Waals surface area contributed by atoms with Crippen molar-refractivity contribution in [2.24, 2.45) is 0 Å². The molecular weight excluding hydrogens is 468 g/mol. The lowest BCUT2D eigenvalue weighted by molar-refractivity contribution is -0.135. The summed E-state index contributed by atoms with van der Waals surface area (Å²) in [5, 5.41) is 3.27. The van der Waals surface area contributed by atoms with E-state index in [4.69, 9.17) is 9.47 Å². The van der Waals surface area contributed by atoms with Crippen LogP contribution in [-0.4, -0.2) is 58.1 Å². The third-order valence-electron chi connectivity index (χ3n) is 6.61. The molecule has 2 amide bonds. The zero-order chi connectivity index (χ0) is 24.5. The average Bonchev–Trinajstić information content (AvgIpc) is 3.21. The second-order valence-electron chi connectivity index (χ2n) is 9.05. The van der Waals surface area contributed by atoms with Gasteiger partial charge in [-0.15, -0.1) is 11.3 Å². The molecule has 2 atom stereocenters. The number of aryl methyl sites for hydroxylation is 1. The molecule has 35 heavy (non-hydrogen) atoms. The molecule has 9 nitrogen and oxygen atoms in total. The zero-order valence-corrected chi connectivity index (χ0v) is 20.6. The lowest BCUT2D eigenvalue weighted by Gasteiger charge is -2.33. The molecule has 1 N–H and O–H groups in total. The number of aromatic nitrogens is 2. The van der Waals surface area contributed by atoms with Crippen LogP contribution in [0.2, 0.25) is 0 Å². The van der Waals surface area contributed by atoms with E-state index in [0.29, 0.717) is 45.3 Å². The van der Waals surface area contributed by atoms with Crippen molar-refractivity contribution in [2.75, 3.05) is 19.7 Å². The predicted molar refractivity (Wildman–Crippen MR) is 132 cm³/mol. The minimum absolute atomic E-state index is 0.0522. The Morgan fingerprint density at radius 2 is 2.03 bits per heavy atom. The van der Waals surface area contributed by atoms with Crippen molar-refractivity contribution < 1.29 is 19.1 Å². The van der Waals surface area contributed by atoms with E-state index in [2.05, 4.69) is 10.3 Å². The number of hydrogen-bond donors (Lipinski definition) is 1. The van der Waals surface area contributed by atoms with Gasteiger partial charge in [0.05, 0.1) is 23.1 Å². The topological polar surface area (TPSA) is 103 Å². The van der Waals surface area contributed by atoms with Crippen LogP contribution in [0.4, 0.5) is 0 Å². The fourth-order valence-corrected chi connectivity index (χ4v) is 5.70. The van der Waals surface area contributed by atoms with E-state index in [1.165, 1.54) is 22.2 Å². The van der Waals surface area contributed by atoms with Crippen molar-refractivity contribution in [3.63, 3.8) is 0 Å². The number of carbonyl (C=O) groups excluding carboxylic acids is 2. The summed E-state index contributed by atoms with van der Waals surface area (Å²) in [6, 6.07) is 7.58. The highest BCUT2D eigenvalue weighted by molar-refractivity contribution is 7.20. The number of thiophene rings is 1. The zero-order valence-electron chi connectivity index (χ0n) is 19.8. The van der Waals surface area contributed by atoms with Crippen LogP contribution in [0.25, 0.3) is 10.2 Å². The van der Waals surface area contributed by atoms with Crippen molar-refractivity contribution in [3.8, 4) is 11.5 Å². The van der Waals surface area contributed by atoms with Crippen LogP contribution >= 0.6 is 11.3 Å². The first-order valence-corrected chi connectivity index (χ1v) is 12.7. The van der Waals surface area contributed by atoms with Crippen molar-refractivity contribution in [2.45, 2.75) is 51.8 Å². The van der Waals surface area contributed by atoms with Crippen LogP contribution < -0.4 is 20.3 Å². The Kier molecular flexibility index (Phi) is 6.46. The van der Waals surface area contributed by atoms with Gasteiger partial charge < -0.3 is 19.7 Å². The van der Waals surface area contributed by atoms with Crippen LogP contribution in [-0.2, 0) is 11.3 Å². The first-order chi connectivity index (χ1) is 16.9. The van der Waals surface area contributed by atoms with Crippen molar-refractivity contribution in [1.29, 1.82) is 0 Å². The molecule has 4 heterocycles. The maximum Gasteiger partial charge on any atom is 0.262 e. The van der Waals surface area contributed by atoms with Crippen LogP contribution in [0, 0.1) is 6.92 Å². The molecule has 0 unspecified atom stereocenters. The van der Waals surface area contributed by atoms with E-state index in [0.717, 1.165) is 19.3 Å². The number of hydrogen-bond acceptors (Lipinski definition) is 7. The molecule has 1 aromatic carbocycles. The molecule has 2 aliphatic rings. The molecule has 2 aromatic heterocycles. The molecular formula is C25H28N4O5S. The normalized spacial score (nSPS) is 19.5. The molecule has 5 rings (SSSR count). The lowest BCUT2D eigenvalue weighted by atomic mass is 10.0. The minimum atomic E-state index is -0.318. The third-order valence-corrected chi connectivity index (χ3v) is 7.81. The predicted octanol–water partition coefficient (Wildman–Crippen LogP) is 2.74. The molecule has 0 radical (unpaired) electrons. The van der Waals surface area contributed by atoms with Gasteiger partial charge in [0, 0.05) is 12.6 Å². The van der Waals surface area contributed by atoms with Crippen molar-refractivity contribution in [3.05, 3.63) is 51.4 Å². The minimum Gasteiger partial charge on any atom is -0.486 e. The highest BCUT2D eigenvalue weighted by atomic mass is 32.1. The first-order valence-electron chi connectivity index (χ1n) is 11.9. The summed E-state index contributed by atoms with van der Waals surface area (Å²) in [4.78, 5) is 46.1. The average molecular weight is 497 g/mol. The Morgan fingerprint density at radius 1 is 1.23 bits per heavy atom. The van der Waals surface area contributed by atoms with E-state index >= 15 is 0 Å². The molecule has 0 spiro atoms. The summed E-state index contributed by atoms with van der Waals surface area (Å²) in [5.41, 5.74) is 0.265.